The van der Waals surface area contributed by atoms with Gasteiger partial charge in [-0.15, -0.1) is 0 Å². The molecule has 1 aromatic rings. The third kappa shape index (κ3) is 3.41. The predicted octanol–water partition coefficient (Wildman–Crippen LogP) is 1.19. The summed E-state index contributed by atoms with van der Waals surface area (Å²) in [5.41, 5.74) is -0.149. The van der Waals surface area contributed by atoms with E-state index >= 15 is 0 Å². The second kappa shape index (κ2) is 7.48. The number of morpholine rings is 1. The Balaban J connectivity index is 1.42. The first-order valence-electron chi connectivity index (χ1n) is 9.63. The van der Waals surface area contributed by atoms with Gasteiger partial charge in [-0.3, -0.25) is 14.5 Å². The van der Waals surface area contributed by atoms with E-state index in [1.807, 2.05) is 24.3 Å². The van der Waals surface area contributed by atoms with Gasteiger partial charge in [-0.1, -0.05) is 18.2 Å². The quantitative estimate of drug-likeness (QED) is 0.834. The lowest BCUT2D eigenvalue weighted by atomic mass is 9.73. The summed E-state index contributed by atoms with van der Waals surface area (Å²) in [4.78, 5) is 28.9. The molecule has 0 spiro atoms. The average molecular weight is 374 g/mol. The summed E-state index contributed by atoms with van der Waals surface area (Å²) >= 11 is 0. The van der Waals surface area contributed by atoms with Gasteiger partial charge in [-0.25, -0.2) is 0 Å². The number of hydrogen-bond acceptors (Lipinski definition) is 5. The number of likely N-dealkylation sites (tertiary alicyclic amines) is 1. The second-order valence-corrected chi connectivity index (χ2v) is 7.67. The fraction of sp³-hybridized carbons (Fsp3) is 0.600. The molecule has 0 aliphatic carbocycles. The Labute approximate surface area is 158 Å². The van der Waals surface area contributed by atoms with Crippen molar-refractivity contribution in [1.82, 2.24) is 9.80 Å². The Morgan fingerprint density at radius 3 is 2.78 bits per heavy atom. The molecule has 0 radical (unpaired) electrons. The molecular weight excluding hydrogens is 348 g/mol. The van der Waals surface area contributed by atoms with Crippen LogP contribution in [0, 0.1) is 5.41 Å². The standard InChI is InChI=1S/C20H26N2O5/c23-18(6-3-7-21-8-10-26-11-9-21)22-12-16-15-4-1-2-5-17(15)27-14-20(16,13-22)19(24)25/h1-2,4-5,16H,3,6-14H2,(H,24,25)/t16-,20-/m0/s1. The highest BCUT2D eigenvalue weighted by atomic mass is 16.5. The molecular formula is C20H26N2O5. The summed E-state index contributed by atoms with van der Waals surface area (Å²) in [7, 11) is 0. The molecule has 2 fully saturated rings. The monoisotopic (exact) mass is 374 g/mol. The van der Waals surface area contributed by atoms with Crippen LogP contribution in [0.25, 0.3) is 0 Å². The van der Waals surface area contributed by atoms with E-state index in [2.05, 4.69) is 4.90 Å². The van der Waals surface area contributed by atoms with Crippen LogP contribution in [0.4, 0.5) is 0 Å². The smallest absolute Gasteiger partial charge is 0.315 e. The minimum atomic E-state index is -1.05. The van der Waals surface area contributed by atoms with Crippen LogP contribution in [0.3, 0.4) is 0 Å². The number of carboxylic acids is 1. The Bertz CT molecular complexity index is 718. The average Bonchev–Trinajstić information content (AvgIpc) is 3.11. The Kier molecular flexibility index (Phi) is 5.06. The molecule has 27 heavy (non-hydrogen) atoms. The van der Waals surface area contributed by atoms with Gasteiger partial charge in [0.25, 0.3) is 0 Å². The minimum absolute atomic E-state index is 0.0377. The number of rotatable bonds is 5. The van der Waals surface area contributed by atoms with Gasteiger partial charge in [0.1, 0.15) is 17.8 Å². The number of nitrogens with zero attached hydrogens (tertiary/aromatic N) is 2. The van der Waals surface area contributed by atoms with Gasteiger partial charge in [-0.05, 0) is 19.0 Å². The number of carbonyl (C=O) groups is 2. The SMILES string of the molecule is O=C(CCCN1CCOCC1)N1C[C@H]2c3ccccc3OC[C@@]2(C(=O)O)C1. The number of benzene rings is 1. The molecule has 3 heterocycles. The van der Waals surface area contributed by atoms with Crippen LogP contribution in [0.5, 0.6) is 5.75 Å². The van der Waals surface area contributed by atoms with E-state index in [-0.39, 0.29) is 25.0 Å². The molecule has 2 saturated heterocycles. The molecule has 0 unspecified atom stereocenters. The summed E-state index contributed by atoms with van der Waals surface area (Å²) in [6.07, 6.45) is 1.23. The summed E-state index contributed by atoms with van der Waals surface area (Å²) in [5.74, 6) is -0.328. The zero-order chi connectivity index (χ0) is 18.9. The van der Waals surface area contributed by atoms with E-state index in [9.17, 15) is 14.7 Å². The Morgan fingerprint density at radius 2 is 2.00 bits per heavy atom. The third-order valence-electron chi connectivity index (χ3n) is 6.07. The maximum Gasteiger partial charge on any atom is 0.315 e. The number of carboxylic acid groups (broad SMARTS) is 1. The van der Waals surface area contributed by atoms with Crippen molar-refractivity contribution < 1.29 is 24.2 Å². The normalized spacial score (nSPS) is 27.6. The number of carbonyl (C=O) groups excluding carboxylic acids is 1. The molecule has 146 valence electrons. The largest absolute Gasteiger partial charge is 0.492 e. The van der Waals surface area contributed by atoms with E-state index in [4.69, 9.17) is 9.47 Å². The van der Waals surface area contributed by atoms with Gasteiger partial charge in [0.15, 0.2) is 0 Å². The van der Waals surface area contributed by atoms with Crippen LogP contribution in [0.2, 0.25) is 0 Å². The molecule has 1 N–H and O–H groups in total. The molecule has 0 saturated carbocycles. The zero-order valence-corrected chi connectivity index (χ0v) is 15.4. The van der Waals surface area contributed by atoms with E-state index in [1.54, 1.807) is 4.90 Å². The second-order valence-electron chi connectivity index (χ2n) is 7.67. The maximum absolute atomic E-state index is 12.8. The van der Waals surface area contributed by atoms with Crippen LogP contribution in [0.15, 0.2) is 24.3 Å². The minimum Gasteiger partial charge on any atom is -0.492 e. The van der Waals surface area contributed by atoms with Crippen molar-refractivity contribution in [2.45, 2.75) is 18.8 Å². The van der Waals surface area contributed by atoms with E-state index < -0.39 is 11.4 Å². The molecule has 3 aliphatic heterocycles. The fourth-order valence-electron chi connectivity index (χ4n) is 4.46. The number of ether oxygens (including phenoxy) is 2. The fourth-order valence-corrected chi connectivity index (χ4v) is 4.46. The summed E-state index contributed by atoms with van der Waals surface area (Å²) < 4.78 is 11.1. The highest BCUT2D eigenvalue weighted by Crippen LogP contribution is 2.49. The van der Waals surface area contributed by atoms with Crippen LogP contribution in [-0.4, -0.2) is 79.3 Å². The van der Waals surface area contributed by atoms with Gasteiger partial charge in [0, 0.05) is 44.1 Å². The molecule has 1 aromatic carbocycles. The first-order chi connectivity index (χ1) is 13.1. The van der Waals surface area contributed by atoms with E-state index in [0.717, 1.165) is 50.6 Å². The Hall–Kier alpha value is -2.12. The molecule has 7 heteroatoms. The van der Waals surface area contributed by atoms with E-state index in [1.165, 1.54) is 0 Å². The lowest BCUT2D eigenvalue weighted by molar-refractivity contribution is -0.152. The number of fused-ring (bicyclic) bond motifs is 3. The molecule has 1 amide bonds. The molecule has 0 bridgehead atoms. The van der Waals surface area contributed by atoms with Gasteiger partial charge >= 0.3 is 5.97 Å². The van der Waals surface area contributed by atoms with Gasteiger partial charge in [0.05, 0.1) is 13.2 Å². The number of para-hydroxylation sites is 1. The predicted molar refractivity (Wildman–Crippen MR) is 97.8 cm³/mol. The molecule has 2 atom stereocenters. The van der Waals surface area contributed by atoms with Gasteiger partial charge < -0.3 is 19.5 Å². The summed E-state index contributed by atoms with van der Waals surface area (Å²) in [6.45, 7) is 4.99. The molecule has 3 aliphatic rings. The highest BCUT2D eigenvalue weighted by Gasteiger charge is 2.57. The highest BCUT2D eigenvalue weighted by molar-refractivity contribution is 5.83. The molecule has 7 nitrogen and oxygen atoms in total. The number of hydrogen-bond donors (Lipinski definition) is 1. The molecule has 0 aromatic heterocycles. The van der Waals surface area contributed by atoms with Crippen molar-refractivity contribution in [2.75, 3.05) is 52.5 Å². The Morgan fingerprint density at radius 1 is 1.22 bits per heavy atom. The number of amides is 1. The first kappa shape index (κ1) is 18.3. The van der Waals surface area contributed by atoms with Crippen LogP contribution in [-0.2, 0) is 14.3 Å². The topological polar surface area (TPSA) is 79.3 Å². The van der Waals surface area contributed by atoms with Crippen LogP contribution < -0.4 is 4.74 Å². The van der Waals surface area contributed by atoms with Crippen LogP contribution in [0.1, 0.15) is 24.3 Å². The first-order valence-corrected chi connectivity index (χ1v) is 9.63. The lowest BCUT2D eigenvalue weighted by Gasteiger charge is -2.35. The summed E-state index contributed by atoms with van der Waals surface area (Å²) in [6, 6.07) is 7.57. The van der Waals surface area contributed by atoms with Crippen molar-refractivity contribution in [3.05, 3.63) is 29.8 Å². The molecule has 4 rings (SSSR count). The van der Waals surface area contributed by atoms with Gasteiger partial charge in [0.2, 0.25) is 5.91 Å². The zero-order valence-electron chi connectivity index (χ0n) is 15.4. The van der Waals surface area contributed by atoms with Crippen LogP contribution >= 0.6 is 0 Å². The van der Waals surface area contributed by atoms with Gasteiger partial charge in [-0.2, -0.15) is 0 Å². The number of aliphatic carboxylic acids is 1. The third-order valence-corrected chi connectivity index (χ3v) is 6.07. The lowest BCUT2D eigenvalue weighted by Crippen LogP contribution is -2.46. The maximum atomic E-state index is 12.8. The van der Waals surface area contributed by atoms with Crippen molar-refractivity contribution in [1.29, 1.82) is 0 Å². The van der Waals surface area contributed by atoms with Crippen molar-refractivity contribution in [2.24, 2.45) is 5.41 Å². The van der Waals surface area contributed by atoms with Crippen molar-refractivity contribution in [3.8, 4) is 5.75 Å². The van der Waals surface area contributed by atoms with Crippen molar-refractivity contribution in [3.63, 3.8) is 0 Å². The van der Waals surface area contributed by atoms with Crippen molar-refractivity contribution >= 4 is 11.9 Å². The van der Waals surface area contributed by atoms with E-state index in [0.29, 0.717) is 13.0 Å². The summed E-state index contributed by atoms with van der Waals surface area (Å²) in [5, 5.41) is 9.93.